The van der Waals surface area contributed by atoms with Crippen molar-refractivity contribution in [3.05, 3.63) is 84.4 Å². The third-order valence-electron chi connectivity index (χ3n) is 5.83. The molecular formula is C24H20N2O2. The maximum absolute atomic E-state index is 13.0. The van der Waals surface area contributed by atoms with Crippen molar-refractivity contribution in [2.75, 3.05) is 13.1 Å². The zero-order chi connectivity index (χ0) is 19.3. The highest BCUT2D eigenvalue weighted by molar-refractivity contribution is 6.02. The van der Waals surface area contributed by atoms with Crippen molar-refractivity contribution in [1.82, 2.24) is 9.80 Å². The Labute approximate surface area is 163 Å². The lowest BCUT2D eigenvalue weighted by Gasteiger charge is -2.43. The van der Waals surface area contributed by atoms with Crippen molar-refractivity contribution < 1.29 is 9.59 Å². The molecule has 1 saturated heterocycles. The number of benzene rings is 3. The summed E-state index contributed by atoms with van der Waals surface area (Å²) in [7, 11) is 0. The smallest absolute Gasteiger partial charge is 0.254 e. The van der Waals surface area contributed by atoms with E-state index >= 15 is 0 Å². The molecule has 0 aliphatic carbocycles. The number of likely N-dealkylation sites (tertiary alicyclic amines) is 1. The van der Waals surface area contributed by atoms with E-state index in [0.717, 1.165) is 22.3 Å². The van der Waals surface area contributed by atoms with Gasteiger partial charge in [0, 0.05) is 25.2 Å². The fourth-order valence-electron chi connectivity index (χ4n) is 4.22. The SMILES string of the molecule is C=CC(=O)N1CC(N2Cc3ccc(-c4cccc5ccccc45)cc3C2=O)C1. The van der Waals surface area contributed by atoms with Crippen molar-refractivity contribution in [1.29, 1.82) is 0 Å². The first kappa shape index (κ1) is 16.8. The van der Waals surface area contributed by atoms with Gasteiger partial charge in [0.1, 0.15) is 0 Å². The highest BCUT2D eigenvalue weighted by Crippen LogP contribution is 2.34. The van der Waals surface area contributed by atoms with Crippen molar-refractivity contribution >= 4 is 22.6 Å². The van der Waals surface area contributed by atoms with Crippen molar-refractivity contribution in [2.24, 2.45) is 0 Å². The summed E-state index contributed by atoms with van der Waals surface area (Å²) in [5.41, 5.74) is 4.03. The molecule has 3 aromatic carbocycles. The molecule has 138 valence electrons. The van der Waals surface area contributed by atoms with Gasteiger partial charge in [0.05, 0.1) is 6.04 Å². The highest BCUT2D eigenvalue weighted by Gasteiger charge is 2.40. The molecule has 2 aliphatic rings. The molecule has 2 aliphatic heterocycles. The van der Waals surface area contributed by atoms with Crippen LogP contribution >= 0.6 is 0 Å². The van der Waals surface area contributed by atoms with E-state index in [1.807, 2.05) is 23.1 Å². The lowest BCUT2D eigenvalue weighted by Crippen LogP contribution is -2.60. The summed E-state index contributed by atoms with van der Waals surface area (Å²) in [5.74, 6) is -0.00793. The summed E-state index contributed by atoms with van der Waals surface area (Å²) in [5, 5.41) is 2.37. The summed E-state index contributed by atoms with van der Waals surface area (Å²) in [6.07, 6.45) is 1.33. The summed E-state index contributed by atoms with van der Waals surface area (Å²) in [6, 6.07) is 20.8. The van der Waals surface area contributed by atoms with Crippen LogP contribution in [0.25, 0.3) is 21.9 Å². The van der Waals surface area contributed by atoms with Gasteiger partial charge in [-0.05, 0) is 39.6 Å². The molecule has 3 aromatic rings. The van der Waals surface area contributed by atoms with E-state index in [4.69, 9.17) is 0 Å². The second-order valence-electron chi connectivity index (χ2n) is 7.43. The predicted octanol–water partition coefficient (Wildman–Crippen LogP) is 3.86. The molecule has 0 spiro atoms. The van der Waals surface area contributed by atoms with Gasteiger partial charge in [0.15, 0.2) is 0 Å². The molecule has 0 bridgehead atoms. The van der Waals surface area contributed by atoms with Crippen LogP contribution in [0.15, 0.2) is 73.3 Å². The second kappa shape index (κ2) is 6.34. The standard InChI is InChI=1S/C24H20N2O2/c1-2-23(27)25-14-19(15-25)26-13-18-11-10-17(12-22(18)24(26)28)21-9-5-7-16-6-3-4-8-20(16)21/h2-12,19H,1,13-15H2. The number of amides is 2. The Morgan fingerprint density at radius 3 is 2.61 bits per heavy atom. The zero-order valence-corrected chi connectivity index (χ0v) is 15.5. The van der Waals surface area contributed by atoms with Gasteiger partial charge in [-0.15, -0.1) is 0 Å². The Hall–Kier alpha value is -3.40. The van der Waals surface area contributed by atoms with E-state index in [2.05, 4.69) is 49.0 Å². The summed E-state index contributed by atoms with van der Waals surface area (Å²) >= 11 is 0. The van der Waals surface area contributed by atoms with E-state index in [-0.39, 0.29) is 17.9 Å². The Balaban J connectivity index is 1.44. The van der Waals surface area contributed by atoms with Crippen LogP contribution < -0.4 is 0 Å². The van der Waals surface area contributed by atoms with Gasteiger partial charge < -0.3 is 9.80 Å². The molecule has 2 amide bonds. The van der Waals surface area contributed by atoms with Gasteiger partial charge in [0.25, 0.3) is 5.91 Å². The summed E-state index contributed by atoms with van der Waals surface area (Å²) < 4.78 is 0. The van der Waals surface area contributed by atoms with E-state index in [1.54, 1.807) is 4.90 Å². The van der Waals surface area contributed by atoms with Crippen molar-refractivity contribution in [3.63, 3.8) is 0 Å². The number of nitrogens with zero attached hydrogens (tertiary/aromatic N) is 2. The molecule has 0 radical (unpaired) electrons. The minimum Gasteiger partial charge on any atom is -0.335 e. The predicted molar refractivity (Wildman–Crippen MR) is 110 cm³/mol. The Morgan fingerprint density at radius 2 is 1.79 bits per heavy atom. The molecule has 1 fully saturated rings. The third kappa shape index (κ3) is 2.53. The van der Waals surface area contributed by atoms with Crippen LogP contribution in [0.4, 0.5) is 0 Å². The minimum atomic E-state index is -0.0707. The summed E-state index contributed by atoms with van der Waals surface area (Å²) in [4.78, 5) is 28.3. The van der Waals surface area contributed by atoms with Crippen LogP contribution in [-0.4, -0.2) is 40.7 Å². The van der Waals surface area contributed by atoms with Crippen LogP contribution in [-0.2, 0) is 11.3 Å². The first-order valence-electron chi connectivity index (χ1n) is 9.49. The van der Waals surface area contributed by atoms with Crippen molar-refractivity contribution in [3.8, 4) is 11.1 Å². The molecule has 2 heterocycles. The number of hydrogen-bond donors (Lipinski definition) is 0. The summed E-state index contributed by atoms with van der Waals surface area (Å²) in [6.45, 7) is 5.31. The molecule has 5 rings (SSSR count). The number of fused-ring (bicyclic) bond motifs is 2. The van der Waals surface area contributed by atoms with Crippen LogP contribution in [0.1, 0.15) is 15.9 Å². The second-order valence-corrected chi connectivity index (χ2v) is 7.43. The first-order valence-corrected chi connectivity index (χ1v) is 9.49. The average Bonchev–Trinajstić information content (AvgIpc) is 3.02. The zero-order valence-electron chi connectivity index (χ0n) is 15.5. The van der Waals surface area contributed by atoms with Crippen LogP contribution in [0.2, 0.25) is 0 Å². The van der Waals surface area contributed by atoms with Gasteiger partial charge in [-0.3, -0.25) is 9.59 Å². The van der Waals surface area contributed by atoms with Gasteiger partial charge in [-0.1, -0.05) is 61.2 Å². The third-order valence-corrected chi connectivity index (χ3v) is 5.83. The Kier molecular flexibility index (Phi) is 3.79. The molecule has 0 N–H and O–H groups in total. The minimum absolute atomic E-state index is 0.0628. The van der Waals surface area contributed by atoms with Crippen LogP contribution in [0.5, 0.6) is 0 Å². The number of rotatable bonds is 3. The van der Waals surface area contributed by atoms with E-state index in [9.17, 15) is 9.59 Å². The quantitative estimate of drug-likeness (QED) is 0.659. The molecule has 4 heteroatoms. The maximum atomic E-state index is 13.0. The van der Waals surface area contributed by atoms with E-state index in [1.165, 1.54) is 16.8 Å². The average molecular weight is 368 g/mol. The molecule has 0 unspecified atom stereocenters. The highest BCUT2D eigenvalue weighted by atomic mass is 16.2. The molecule has 0 saturated carbocycles. The van der Waals surface area contributed by atoms with Crippen LogP contribution in [0.3, 0.4) is 0 Å². The topological polar surface area (TPSA) is 40.6 Å². The van der Waals surface area contributed by atoms with Gasteiger partial charge >= 0.3 is 0 Å². The van der Waals surface area contributed by atoms with E-state index in [0.29, 0.717) is 19.6 Å². The number of hydrogen-bond acceptors (Lipinski definition) is 2. The fourth-order valence-corrected chi connectivity index (χ4v) is 4.22. The monoisotopic (exact) mass is 368 g/mol. The number of carbonyl (C=O) groups excluding carboxylic acids is 2. The molecule has 28 heavy (non-hydrogen) atoms. The lowest BCUT2D eigenvalue weighted by atomic mass is 9.96. The molecule has 4 nitrogen and oxygen atoms in total. The molecule has 0 aromatic heterocycles. The van der Waals surface area contributed by atoms with Crippen molar-refractivity contribution in [2.45, 2.75) is 12.6 Å². The number of carbonyl (C=O) groups is 2. The normalized spacial score (nSPS) is 16.2. The first-order chi connectivity index (χ1) is 13.7. The van der Waals surface area contributed by atoms with Crippen LogP contribution in [0, 0.1) is 0 Å². The fraction of sp³-hybridized carbons (Fsp3) is 0.167. The van der Waals surface area contributed by atoms with Gasteiger partial charge in [0.2, 0.25) is 5.91 Å². The van der Waals surface area contributed by atoms with Gasteiger partial charge in [-0.25, -0.2) is 0 Å². The molecular weight excluding hydrogens is 348 g/mol. The Morgan fingerprint density at radius 1 is 1.00 bits per heavy atom. The largest absolute Gasteiger partial charge is 0.335 e. The molecule has 0 atom stereocenters. The van der Waals surface area contributed by atoms with E-state index < -0.39 is 0 Å². The maximum Gasteiger partial charge on any atom is 0.254 e. The Bertz CT molecular complexity index is 1120. The lowest BCUT2D eigenvalue weighted by molar-refractivity contribution is -0.132. The van der Waals surface area contributed by atoms with Gasteiger partial charge in [-0.2, -0.15) is 0 Å².